The van der Waals surface area contributed by atoms with Gasteiger partial charge in [-0.3, -0.25) is 4.79 Å². The Hall–Kier alpha value is -3.07. The molecule has 1 aliphatic rings. The van der Waals surface area contributed by atoms with Crippen LogP contribution in [0, 0.1) is 0 Å². The van der Waals surface area contributed by atoms with Gasteiger partial charge in [-0.15, -0.1) is 0 Å². The van der Waals surface area contributed by atoms with Crippen LogP contribution in [0.3, 0.4) is 0 Å². The minimum absolute atomic E-state index is 0.0187. The van der Waals surface area contributed by atoms with Crippen LogP contribution >= 0.6 is 0 Å². The molecule has 172 valence electrons. The molecule has 1 N–H and O–H groups in total. The number of benzene rings is 2. The summed E-state index contributed by atoms with van der Waals surface area (Å²) in [5.41, 5.74) is 0.552. The Bertz CT molecular complexity index is 921. The van der Waals surface area contributed by atoms with Gasteiger partial charge in [-0.25, -0.2) is 4.79 Å². The third-order valence-electron chi connectivity index (χ3n) is 5.37. The Balaban J connectivity index is 1.61. The van der Waals surface area contributed by atoms with Crippen molar-refractivity contribution in [2.24, 2.45) is 0 Å². The number of rotatable bonds is 8. The maximum atomic E-state index is 13.0. The number of alkyl halides is 3. The maximum absolute atomic E-state index is 13.0. The lowest BCUT2D eigenvalue weighted by Crippen LogP contribution is -2.46. The van der Waals surface area contributed by atoms with Gasteiger partial charge in [0.2, 0.25) is 5.91 Å². The largest absolute Gasteiger partial charge is 0.480 e. The van der Waals surface area contributed by atoms with Crippen molar-refractivity contribution in [2.75, 3.05) is 31.1 Å². The van der Waals surface area contributed by atoms with Crippen molar-refractivity contribution in [3.63, 3.8) is 0 Å². The average molecular weight is 450 g/mol. The van der Waals surface area contributed by atoms with Crippen LogP contribution in [0.15, 0.2) is 54.6 Å². The van der Waals surface area contributed by atoms with Gasteiger partial charge in [0.25, 0.3) is 0 Å². The monoisotopic (exact) mass is 450 g/mol. The van der Waals surface area contributed by atoms with Crippen LogP contribution in [0.2, 0.25) is 0 Å². The van der Waals surface area contributed by atoms with Gasteiger partial charge >= 0.3 is 12.1 Å². The Labute approximate surface area is 184 Å². The molecule has 0 bridgehead atoms. The van der Waals surface area contributed by atoms with Gasteiger partial charge in [-0.2, -0.15) is 13.2 Å². The first kappa shape index (κ1) is 23.6. The third kappa shape index (κ3) is 6.23. The molecule has 1 aliphatic heterocycles. The molecule has 1 amide bonds. The van der Waals surface area contributed by atoms with E-state index in [1.165, 1.54) is 11.0 Å². The summed E-state index contributed by atoms with van der Waals surface area (Å²) in [6.45, 7) is 1.05. The highest BCUT2D eigenvalue weighted by Gasteiger charge is 2.33. The van der Waals surface area contributed by atoms with Gasteiger partial charge < -0.3 is 19.6 Å². The molecule has 3 rings (SSSR count). The number of hydrogen-bond acceptors (Lipinski definition) is 4. The minimum Gasteiger partial charge on any atom is -0.480 e. The predicted molar refractivity (Wildman–Crippen MR) is 112 cm³/mol. The number of anilines is 1. The highest BCUT2D eigenvalue weighted by molar-refractivity contribution is 5.84. The Kier molecular flexibility index (Phi) is 7.74. The molecule has 2 aromatic rings. The summed E-state index contributed by atoms with van der Waals surface area (Å²) in [5, 5.41) is 9.67. The van der Waals surface area contributed by atoms with Gasteiger partial charge in [0.05, 0.1) is 12.2 Å². The fraction of sp³-hybridized carbons (Fsp3) is 0.391. The molecular formula is C23H25F3N2O4. The molecule has 32 heavy (non-hydrogen) atoms. The molecule has 1 fully saturated rings. The number of nitrogens with zero attached hydrogens (tertiary/aromatic N) is 2. The molecule has 9 heteroatoms. The van der Waals surface area contributed by atoms with E-state index in [2.05, 4.69) is 0 Å². The molecule has 6 nitrogen and oxygen atoms in total. The van der Waals surface area contributed by atoms with Crippen LogP contribution < -0.4 is 4.90 Å². The molecule has 0 aromatic heterocycles. The molecular weight excluding hydrogens is 425 g/mol. The van der Waals surface area contributed by atoms with E-state index in [1.54, 1.807) is 11.0 Å². The molecule has 0 unspecified atom stereocenters. The van der Waals surface area contributed by atoms with Gasteiger partial charge in [-0.05, 0) is 23.8 Å². The van der Waals surface area contributed by atoms with Gasteiger partial charge in [-0.1, -0.05) is 36.4 Å². The second kappa shape index (κ2) is 10.5. The Morgan fingerprint density at radius 3 is 2.50 bits per heavy atom. The van der Waals surface area contributed by atoms with Crippen molar-refractivity contribution in [3.8, 4) is 0 Å². The molecule has 1 saturated heterocycles. The second-order valence-corrected chi connectivity index (χ2v) is 7.55. The number of carbonyl (C=O) groups excluding carboxylic acids is 1. The number of ether oxygens (including phenoxy) is 1. The van der Waals surface area contributed by atoms with E-state index in [4.69, 9.17) is 4.74 Å². The van der Waals surface area contributed by atoms with E-state index in [1.807, 2.05) is 30.3 Å². The van der Waals surface area contributed by atoms with E-state index in [9.17, 15) is 27.9 Å². The van der Waals surface area contributed by atoms with Crippen LogP contribution in [-0.2, 0) is 27.1 Å². The van der Waals surface area contributed by atoms with E-state index >= 15 is 0 Å². The van der Waals surface area contributed by atoms with Crippen LogP contribution in [0.5, 0.6) is 0 Å². The van der Waals surface area contributed by atoms with E-state index in [-0.39, 0.29) is 45.0 Å². The molecule has 0 aliphatic carbocycles. The summed E-state index contributed by atoms with van der Waals surface area (Å²) in [6.07, 6.45) is -4.32. The maximum Gasteiger partial charge on any atom is 0.416 e. The smallest absolute Gasteiger partial charge is 0.416 e. The standard InChI is InChI=1S/C23H25F3N2O4/c24-23(25,26)18-7-4-8-19(15-18)27-11-9-21(29)28(13-12-27)20(22(30)31)10-14-32-16-17-5-2-1-3-6-17/h1-8,15,20H,9-14,16H2,(H,30,31)/t20-/m0/s1. The quantitative estimate of drug-likeness (QED) is 0.620. The Morgan fingerprint density at radius 1 is 1.06 bits per heavy atom. The first-order chi connectivity index (χ1) is 15.3. The first-order valence-electron chi connectivity index (χ1n) is 10.3. The van der Waals surface area contributed by atoms with E-state index < -0.39 is 23.8 Å². The summed E-state index contributed by atoms with van der Waals surface area (Å²) in [4.78, 5) is 27.4. The van der Waals surface area contributed by atoms with Crippen molar-refractivity contribution in [1.82, 2.24) is 4.90 Å². The lowest BCUT2D eigenvalue weighted by atomic mass is 10.1. The number of hydrogen-bond donors (Lipinski definition) is 1. The highest BCUT2D eigenvalue weighted by Crippen LogP contribution is 2.32. The van der Waals surface area contributed by atoms with Gasteiger partial charge in [0.15, 0.2) is 0 Å². The minimum atomic E-state index is -4.46. The van der Waals surface area contributed by atoms with E-state index in [0.717, 1.165) is 17.7 Å². The zero-order chi connectivity index (χ0) is 23.1. The van der Waals surface area contributed by atoms with Crippen molar-refractivity contribution >= 4 is 17.6 Å². The van der Waals surface area contributed by atoms with Crippen molar-refractivity contribution in [1.29, 1.82) is 0 Å². The third-order valence-corrected chi connectivity index (χ3v) is 5.37. The summed E-state index contributed by atoms with van der Waals surface area (Å²) >= 11 is 0. The normalized spacial score (nSPS) is 16.0. The number of carbonyl (C=O) groups is 2. The second-order valence-electron chi connectivity index (χ2n) is 7.55. The topological polar surface area (TPSA) is 70.1 Å². The molecule has 0 radical (unpaired) electrons. The average Bonchev–Trinajstić information content (AvgIpc) is 2.95. The first-order valence-corrected chi connectivity index (χ1v) is 10.3. The van der Waals surface area contributed by atoms with Gasteiger partial charge in [0.1, 0.15) is 6.04 Å². The number of halogens is 3. The molecule has 1 heterocycles. The Morgan fingerprint density at radius 2 is 1.81 bits per heavy atom. The fourth-order valence-electron chi connectivity index (χ4n) is 3.68. The number of amides is 1. The van der Waals surface area contributed by atoms with Crippen molar-refractivity contribution in [3.05, 3.63) is 65.7 Å². The van der Waals surface area contributed by atoms with Crippen LogP contribution in [0.1, 0.15) is 24.0 Å². The van der Waals surface area contributed by atoms with Crippen LogP contribution in [0.4, 0.5) is 18.9 Å². The SMILES string of the molecule is O=C(O)[C@H](CCOCc1ccccc1)N1CCN(c2cccc(C(F)(F)F)c2)CCC1=O. The van der Waals surface area contributed by atoms with Gasteiger partial charge in [0, 0.05) is 44.8 Å². The molecule has 0 saturated carbocycles. The number of carboxylic acids is 1. The molecule has 2 aromatic carbocycles. The van der Waals surface area contributed by atoms with Crippen molar-refractivity contribution < 1.29 is 32.6 Å². The van der Waals surface area contributed by atoms with Crippen LogP contribution in [0.25, 0.3) is 0 Å². The summed E-state index contributed by atoms with van der Waals surface area (Å²) in [6, 6.07) is 13.3. The molecule has 1 atom stereocenters. The van der Waals surface area contributed by atoms with E-state index in [0.29, 0.717) is 12.3 Å². The summed E-state index contributed by atoms with van der Waals surface area (Å²) in [5.74, 6) is -1.47. The predicted octanol–water partition coefficient (Wildman–Crippen LogP) is 3.80. The van der Waals surface area contributed by atoms with Crippen molar-refractivity contribution in [2.45, 2.75) is 31.7 Å². The summed E-state index contributed by atoms with van der Waals surface area (Å²) < 4.78 is 44.7. The number of aliphatic carboxylic acids is 1. The fourth-order valence-corrected chi connectivity index (χ4v) is 3.68. The number of carboxylic acid groups (broad SMARTS) is 1. The zero-order valence-corrected chi connectivity index (χ0v) is 17.4. The lowest BCUT2D eigenvalue weighted by molar-refractivity contribution is -0.150. The lowest BCUT2D eigenvalue weighted by Gasteiger charge is -2.28. The summed E-state index contributed by atoms with van der Waals surface area (Å²) in [7, 11) is 0. The highest BCUT2D eigenvalue weighted by atomic mass is 19.4. The molecule has 0 spiro atoms. The zero-order valence-electron chi connectivity index (χ0n) is 17.4. The van der Waals surface area contributed by atoms with Crippen LogP contribution in [-0.4, -0.2) is 54.2 Å².